The molecule has 0 saturated heterocycles. The molecule has 2 aliphatic rings. The lowest BCUT2D eigenvalue weighted by Crippen LogP contribution is -2.24. The Kier molecular flexibility index (Phi) is 8.31. The standard InChI is InChI=1S/C16H26.2CH4/c1-3-13-5-9-15(10-6-13)16-11-7-14(4-2)8-12-16;;/h3-4,13-16H,1-2,5-12H2;2*1H4. The minimum atomic E-state index is 0. The molecule has 0 N–H and O–H groups in total. The lowest BCUT2D eigenvalue weighted by Gasteiger charge is -2.36. The van der Waals surface area contributed by atoms with Crippen LogP contribution in [0.1, 0.15) is 66.2 Å². The predicted octanol–water partition coefficient (Wildman–Crippen LogP) is 6.24. The zero-order chi connectivity index (χ0) is 11.4. The van der Waals surface area contributed by atoms with E-state index in [1.807, 2.05) is 0 Å². The molecule has 0 aromatic heterocycles. The van der Waals surface area contributed by atoms with Gasteiger partial charge in [0, 0.05) is 0 Å². The monoisotopic (exact) mass is 250 g/mol. The molecule has 0 aromatic carbocycles. The number of hydrogen-bond donors (Lipinski definition) is 0. The van der Waals surface area contributed by atoms with Crippen molar-refractivity contribution in [2.45, 2.75) is 66.2 Å². The van der Waals surface area contributed by atoms with Crippen molar-refractivity contribution >= 4 is 0 Å². The maximum atomic E-state index is 3.93. The van der Waals surface area contributed by atoms with Gasteiger partial charge in [0.25, 0.3) is 0 Å². The molecule has 0 heterocycles. The molecule has 2 fully saturated rings. The summed E-state index contributed by atoms with van der Waals surface area (Å²) in [6.07, 6.45) is 15.8. The minimum Gasteiger partial charge on any atom is -0.103 e. The van der Waals surface area contributed by atoms with E-state index in [-0.39, 0.29) is 14.9 Å². The Bertz CT molecular complexity index is 198. The molecule has 2 aliphatic carbocycles. The molecule has 2 saturated carbocycles. The van der Waals surface area contributed by atoms with Crippen molar-refractivity contribution in [3.8, 4) is 0 Å². The highest BCUT2D eigenvalue weighted by Crippen LogP contribution is 2.41. The van der Waals surface area contributed by atoms with Gasteiger partial charge in [0.2, 0.25) is 0 Å². The van der Waals surface area contributed by atoms with Gasteiger partial charge in [-0.25, -0.2) is 0 Å². The van der Waals surface area contributed by atoms with E-state index in [1.54, 1.807) is 0 Å². The van der Waals surface area contributed by atoms with Crippen LogP contribution in [0.25, 0.3) is 0 Å². The van der Waals surface area contributed by atoms with Crippen LogP contribution >= 0.6 is 0 Å². The van der Waals surface area contributed by atoms with E-state index >= 15 is 0 Å². The lowest BCUT2D eigenvalue weighted by atomic mass is 9.69. The Morgan fingerprint density at radius 3 is 1.06 bits per heavy atom. The van der Waals surface area contributed by atoms with Gasteiger partial charge in [-0.3, -0.25) is 0 Å². The predicted molar refractivity (Wildman–Crippen MR) is 84.8 cm³/mol. The van der Waals surface area contributed by atoms with Crippen LogP contribution in [-0.4, -0.2) is 0 Å². The number of hydrogen-bond acceptors (Lipinski definition) is 0. The van der Waals surface area contributed by atoms with Gasteiger partial charge in [0.05, 0.1) is 0 Å². The first-order valence-electron chi connectivity index (χ1n) is 7.08. The van der Waals surface area contributed by atoms with Crippen molar-refractivity contribution in [2.75, 3.05) is 0 Å². The van der Waals surface area contributed by atoms with Crippen molar-refractivity contribution in [3.63, 3.8) is 0 Å². The smallest absolute Gasteiger partial charge is 0.0236 e. The number of rotatable bonds is 3. The topological polar surface area (TPSA) is 0 Å². The van der Waals surface area contributed by atoms with E-state index in [0.29, 0.717) is 0 Å². The van der Waals surface area contributed by atoms with E-state index in [0.717, 1.165) is 23.7 Å². The van der Waals surface area contributed by atoms with Gasteiger partial charge in [0.1, 0.15) is 0 Å². The zero-order valence-electron chi connectivity index (χ0n) is 10.5. The summed E-state index contributed by atoms with van der Waals surface area (Å²) in [5.74, 6) is 3.70. The summed E-state index contributed by atoms with van der Waals surface area (Å²) in [6.45, 7) is 7.86. The highest BCUT2D eigenvalue weighted by atomic mass is 14.3. The molecular weight excluding hydrogens is 216 g/mol. The fraction of sp³-hybridized carbons (Fsp3) is 0.778. The van der Waals surface area contributed by atoms with Gasteiger partial charge < -0.3 is 0 Å². The first kappa shape index (κ1) is 17.5. The Morgan fingerprint density at radius 2 is 0.833 bits per heavy atom. The maximum Gasteiger partial charge on any atom is -0.0236 e. The molecule has 106 valence electrons. The van der Waals surface area contributed by atoms with Crippen molar-refractivity contribution in [3.05, 3.63) is 25.3 Å². The van der Waals surface area contributed by atoms with Gasteiger partial charge in [-0.15, -0.1) is 13.2 Å². The molecule has 0 bridgehead atoms. The minimum absolute atomic E-state index is 0. The third kappa shape index (κ3) is 4.30. The average Bonchev–Trinajstić information content (AvgIpc) is 2.39. The zero-order valence-corrected chi connectivity index (χ0v) is 10.5. The quantitative estimate of drug-likeness (QED) is 0.520. The molecule has 0 atom stereocenters. The fourth-order valence-corrected chi connectivity index (χ4v) is 3.70. The third-order valence-electron chi connectivity index (χ3n) is 4.97. The van der Waals surface area contributed by atoms with Crippen LogP contribution in [0.4, 0.5) is 0 Å². The van der Waals surface area contributed by atoms with Crippen molar-refractivity contribution in [1.29, 1.82) is 0 Å². The molecule has 0 heteroatoms. The maximum absolute atomic E-state index is 3.93. The van der Waals surface area contributed by atoms with Crippen LogP contribution in [0, 0.1) is 23.7 Å². The van der Waals surface area contributed by atoms with Crippen molar-refractivity contribution in [2.24, 2.45) is 23.7 Å². The Morgan fingerprint density at radius 1 is 0.556 bits per heavy atom. The van der Waals surface area contributed by atoms with Crippen molar-refractivity contribution < 1.29 is 0 Å². The van der Waals surface area contributed by atoms with Gasteiger partial charge in [0.15, 0.2) is 0 Å². The van der Waals surface area contributed by atoms with Crippen LogP contribution in [0.15, 0.2) is 25.3 Å². The lowest BCUT2D eigenvalue weighted by molar-refractivity contribution is 0.166. The summed E-state index contributed by atoms with van der Waals surface area (Å²) in [6, 6.07) is 0. The second-order valence-corrected chi connectivity index (χ2v) is 5.82. The Balaban J connectivity index is 0.00000144. The molecule has 0 radical (unpaired) electrons. The van der Waals surface area contributed by atoms with Crippen LogP contribution in [0.3, 0.4) is 0 Å². The first-order valence-corrected chi connectivity index (χ1v) is 7.08. The van der Waals surface area contributed by atoms with Crippen LogP contribution in [-0.2, 0) is 0 Å². The van der Waals surface area contributed by atoms with Gasteiger partial charge >= 0.3 is 0 Å². The molecule has 0 unspecified atom stereocenters. The van der Waals surface area contributed by atoms with E-state index in [4.69, 9.17) is 0 Å². The highest BCUT2D eigenvalue weighted by Gasteiger charge is 2.29. The van der Waals surface area contributed by atoms with Gasteiger partial charge in [-0.2, -0.15) is 0 Å². The summed E-state index contributed by atoms with van der Waals surface area (Å²) < 4.78 is 0. The Labute approximate surface area is 116 Å². The van der Waals surface area contributed by atoms with Crippen LogP contribution in [0.2, 0.25) is 0 Å². The summed E-state index contributed by atoms with van der Waals surface area (Å²) in [5.41, 5.74) is 0. The second kappa shape index (κ2) is 8.56. The molecule has 2 rings (SSSR count). The molecular formula is C18H34. The largest absolute Gasteiger partial charge is 0.103 e. The van der Waals surface area contributed by atoms with Crippen molar-refractivity contribution in [1.82, 2.24) is 0 Å². The average molecular weight is 250 g/mol. The van der Waals surface area contributed by atoms with E-state index in [1.165, 1.54) is 51.4 Å². The van der Waals surface area contributed by atoms with Gasteiger partial charge in [-0.1, -0.05) is 27.0 Å². The second-order valence-electron chi connectivity index (χ2n) is 5.82. The van der Waals surface area contributed by atoms with Crippen LogP contribution in [0.5, 0.6) is 0 Å². The Hall–Kier alpha value is -0.520. The molecule has 0 spiro atoms. The SMILES string of the molecule is C.C.C=CC1CCC(C2CCC(C=C)CC2)CC1. The summed E-state index contributed by atoms with van der Waals surface area (Å²) >= 11 is 0. The summed E-state index contributed by atoms with van der Waals surface area (Å²) in [7, 11) is 0. The molecule has 0 nitrogen and oxygen atoms in total. The summed E-state index contributed by atoms with van der Waals surface area (Å²) in [4.78, 5) is 0. The first-order chi connectivity index (χ1) is 7.83. The molecule has 18 heavy (non-hydrogen) atoms. The molecule has 0 amide bonds. The number of allylic oxidation sites excluding steroid dienone is 2. The summed E-state index contributed by atoms with van der Waals surface area (Å²) in [5, 5.41) is 0. The highest BCUT2D eigenvalue weighted by molar-refractivity contribution is 4.89. The van der Waals surface area contributed by atoms with E-state index in [9.17, 15) is 0 Å². The molecule has 0 aliphatic heterocycles. The normalized spacial score (nSPS) is 35.8. The molecule has 0 aromatic rings. The van der Waals surface area contributed by atoms with E-state index < -0.39 is 0 Å². The third-order valence-corrected chi connectivity index (χ3v) is 4.97. The van der Waals surface area contributed by atoms with Crippen LogP contribution < -0.4 is 0 Å². The van der Waals surface area contributed by atoms with Gasteiger partial charge in [-0.05, 0) is 75.0 Å². The van der Waals surface area contributed by atoms with E-state index in [2.05, 4.69) is 25.3 Å². The fourth-order valence-electron chi connectivity index (χ4n) is 3.70.